The second-order valence-corrected chi connectivity index (χ2v) is 4.21. The Kier molecular flexibility index (Phi) is 4.75. The lowest BCUT2D eigenvalue weighted by Crippen LogP contribution is -1.83. The zero-order chi connectivity index (χ0) is 10.7. The van der Waals surface area contributed by atoms with Crippen LogP contribution in [0.5, 0.6) is 0 Å². The number of hydrogen-bond donors (Lipinski definition) is 0. The van der Waals surface area contributed by atoms with Gasteiger partial charge in [0.2, 0.25) is 0 Å². The zero-order valence-corrected chi connectivity index (χ0v) is 10.3. The minimum Gasteiger partial charge on any atom is -0.0876 e. The van der Waals surface area contributed by atoms with Crippen molar-refractivity contribution in [2.45, 2.75) is 19.7 Å². The molecule has 0 saturated carbocycles. The van der Waals surface area contributed by atoms with Crippen LogP contribution in [0.25, 0.3) is 11.1 Å². The van der Waals surface area contributed by atoms with Gasteiger partial charge in [-0.1, -0.05) is 71.9 Å². The highest BCUT2D eigenvalue weighted by Crippen LogP contribution is 2.23. The van der Waals surface area contributed by atoms with Crippen molar-refractivity contribution in [3.63, 3.8) is 0 Å². The zero-order valence-electron chi connectivity index (χ0n) is 8.70. The molecule has 0 aliphatic carbocycles. The molecule has 0 spiro atoms. The summed E-state index contributed by atoms with van der Waals surface area (Å²) in [5, 5.41) is 0.918. The largest absolute Gasteiger partial charge is 0.0876 e. The van der Waals surface area contributed by atoms with Crippen LogP contribution in [0.2, 0.25) is 0 Å². The van der Waals surface area contributed by atoms with Crippen molar-refractivity contribution >= 4 is 15.9 Å². The molecule has 0 saturated heterocycles. The lowest BCUT2D eigenvalue weighted by molar-refractivity contribution is 1.41. The van der Waals surface area contributed by atoms with Crippen molar-refractivity contribution in [1.82, 2.24) is 0 Å². The van der Waals surface area contributed by atoms with Crippen molar-refractivity contribution in [1.29, 1.82) is 0 Å². The van der Waals surface area contributed by atoms with Gasteiger partial charge in [0.15, 0.2) is 0 Å². The molecule has 0 nitrogen and oxygen atoms in total. The Morgan fingerprint density at radius 3 is 2.12 bits per heavy atom. The summed E-state index contributed by atoms with van der Waals surface area (Å²) < 4.78 is 0. The Balaban J connectivity index is 0.00000128. The lowest BCUT2D eigenvalue weighted by atomic mass is 10.00. The molecule has 0 amide bonds. The summed E-state index contributed by atoms with van der Waals surface area (Å²) in [7, 11) is 0. The van der Waals surface area contributed by atoms with Gasteiger partial charge in [0.05, 0.1) is 0 Å². The predicted octanol–water partition coefficient (Wildman–Crippen LogP) is 5.19. The van der Waals surface area contributed by atoms with Gasteiger partial charge in [-0.2, -0.15) is 0 Å². The van der Waals surface area contributed by atoms with E-state index in [4.69, 9.17) is 0 Å². The highest BCUT2D eigenvalue weighted by Gasteiger charge is 1.99. The van der Waals surface area contributed by atoms with Gasteiger partial charge in [-0.3, -0.25) is 0 Å². The minimum absolute atomic E-state index is 0. The van der Waals surface area contributed by atoms with E-state index in [1.807, 2.05) is 0 Å². The Morgan fingerprint density at radius 1 is 0.938 bits per heavy atom. The van der Waals surface area contributed by atoms with Gasteiger partial charge in [0, 0.05) is 5.33 Å². The van der Waals surface area contributed by atoms with Crippen molar-refractivity contribution in [2.24, 2.45) is 0 Å². The highest BCUT2D eigenvalue weighted by atomic mass is 79.9. The molecule has 2 aromatic carbocycles. The second-order valence-electron chi connectivity index (χ2n) is 3.65. The van der Waals surface area contributed by atoms with Crippen LogP contribution < -0.4 is 0 Å². The molecule has 0 bridgehead atoms. The second kappa shape index (κ2) is 5.86. The van der Waals surface area contributed by atoms with E-state index >= 15 is 0 Å². The first-order valence-electron chi connectivity index (χ1n) is 5.02. The Morgan fingerprint density at radius 2 is 1.56 bits per heavy atom. The molecule has 1 heteroatoms. The van der Waals surface area contributed by atoms with Gasteiger partial charge in [-0.05, 0) is 29.2 Å². The fourth-order valence-electron chi connectivity index (χ4n) is 1.67. The van der Waals surface area contributed by atoms with E-state index in [0.717, 1.165) is 5.33 Å². The maximum absolute atomic E-state index is 3.45. The SMILES string of the molecule is C.Cc1ccccc1-c1ccc(CBr)cc1. The molecule has 0 radical (unpaired) electrons. The van der Waals surface area contributed by atoms with Crippen molar-refractivity contribution in [2.75, 3.05) is 0 Å². The summed E-state index contributed by atoms with van der Waals surface area (Å²) in [4.78, 5) is 0. The summed E-state index contributed by atoms with van der Waals surface area (Å²) in [6.45, 7) is 2.15. The first-order chi connectivity index (χ1) is 7.31. The molecular formula is C15H17Br. The Hall–Kier alpha value is -1.08. The molecule has 0 aromatic heterocycles. The molecule has 0 fully saturated rings. The maximum Gasteiger partial charge on any atom is 0.0283 e. The van der Waals surface area contributed by atoms with Gasteiger partial charge in [-0.15, -0.1) is 0 Å². The standard InChI is InChI=1S/C14H13Br.CH4/c1-11-4-2-3-5-14(11)13-8-6-12(10-15)7-9-13;/h2-9H,10H2,1H3;1H4. The van der Waals surface area contributed by atoms with Gasteiger partial charge >= 0.3 is 0 Å². The smallest absolute Gasteiger partial charge is 0.0283 e. The first kappa shape index (κ1) is 13.0. The molecule has 0 heterocycles. The topological polar surface area (TPSA) is 0 Å². The number of hydrogen-bond acceptors (Lipinski definition) is 0. The van der Waals surface area contributed by atoms with Crippen LogP contribution in [0.3, 0.4) is 0 Å². The van der Waals surface area contributed by atoms with Gasteiger partial charge in [0.1, 0.15) is 0 Å². The number of aryl methyl sites for hydroxylation is 1. The third-order valence-electron chi connectivity index (χ3n) is 2.56. The summed E-state index contributed by atoms with van der Waals surface area (Å²) in [5.41, 5.74) is 5.24. The first-order valence-corrected chi connectivity index (χ1v) is 6.14. The molecule has 16 heavy (non-hydrogen) atoms. The third kappa shape index (κ3) is 2.73. The van der Waals surface area contributed by atoms with Crippen LogP contribution in [0.4, 0.5) is 0 Å². The molecule has 84 valence electrons. The van der Waals surface area contributed by atoms with E-state index < -0.39 is 0 Å². The Bertz CT molecular complexity index is 443. The fourth-order valence-corrected chi connectivity index (χ4v) is 2.04. The number of alkyl halides is 1. The van der Waals surface area contributed by atoms with Gasteiger partial charge in [0.25, 0.3) is 0 Å². The normalized spacial score (nSPS) is 9.62. The van der Waals surface area contributed by atoms with E-state index in [1.54, 1.807) is 0 Å². The average molecular weight is 277 g/mol. The molecular weight excluding hydrogens is 260 g/mol. The minimum atomic E-state index is 0. The fraction of sp³-hybridized carbons (Fsp3) is 0.200. The monoisotopic (exact) mass is 276 g/mol. The van der Waals surface area contributed by atoms with Crippen molar-refractivity contribution in [3.05, 3.63) is 59.7 Å². The summed E-state index contributed by atoms with van der Waals surface area (Å²) in [6.07, 6.45) is 0. The third-order valence-corrected chi connectivity index (χ3v) is 3.21. The molecule has 0 unspecified atom stereocenters. The molecule has 0 aliphatic rings. The lowest BCUT2D eigenvalue weighted by Gasteiger charge is -2.06. The number of rotatable bonds is 2. The van der Waals surface area contributed by atoms with Gasteiger partial charge in [-0.25, -0.2) is 0 Å². The molecule has 0 N–H and O–H groups in total. The van der Waals surface area contributed by atoms with Crippen LogP contribution in [0.1, 0.15) is 18.6 Å². The van der Waals surface area contributed by atoms with E-state index in [1.165, 1.54) is 22.3 Å². The Labute approximate surface area is 106 Å². The highest BCUT2D eigenvalue weighted by molar-refractivity contribution is 9.08. The van der Waals surface area contributed by atoms with Crippen LogP contribution >= 0.6 is 15.9 Å². The number of halogens is 1. The molecule has 0 aliphatic heterocycles. The van der Waals surface area contributed by atoms with Crippen LogP contribution in [0.15, 0.2) is 48.5 Å². The maximum atomic E-state index is 3.45. The summed E-state index contributed by atoms with van der Waals surface area (Å²) >= 11 is 3.45. The van der Waals surface area contributed by atoms with Crippen LogP contribution in [-0.4, -0.2) is 0 Å². The van der Waals surface area contributed by atoms with E-state index in [0.29, 0.717) is 0 Å². The quantitative estimate of drug-likeness (QED) is 0.662. The summed E-state index contributed by atoms with van der Waals surface area (Å²) in [5.74, 6) is 0. The molecule has 2 rings (SSSR count). The van der Waals surface area contributed by atoms with E-state index in [-0.39, 0.29) is 7.43 Å². The molecule has 2 aromatic rings. The predicted molar refractivity (Wildman–Crippen MR) is 76.0 cm³/mol. The average Bonchev–Trinajstić information content (AvgIpc) is 2.30. The van der Waals surface area contributed by atoms with E-state index in [2.05, 4.69) is 71.4 Å². The summed E-state index contributed by atoms with van der Waals surface area (Å²) in [6, 6.07) is 17.2. The van der Waals surface area contributed by atoms with Gasteiger partial charge < -0.3 is 0 Å². The van der Waals surface area contributed by atoms with Crippen molar-refractivity contribution < 1.29 is 0 Å². The molecule has 0 atom stereocenters. The van der Waals surface area contributed by atoms with E-state index in [9.17, 15) is 0 Å². The van der Waals surface area contributed by atoms with Crippen molar-refractivity contribution in [3.8, 4) is 11.1 Å². The van der Waals surface area contributed by atoms with Crippen LogP contribution in [0, 0.1) is 6.92 Å². The van der Waals surface area contributed by atoms with Crippen LogP contribution in [-0.2, 0) is 5.33 Å². The number of benzene rings is 2.